The highest BCUT2D eigenvalue weighted by Gasteiger charge is 2.20. The molecule has 1 aromatic heterocycles. The van der Waals surface area contributed by atoms with Crippen LogP contribution in [0.3, 0.4) is 0 Å². The van der Waals surface area contributed by atoms with Gasteiger partial charge in [0.15, 0.2) is 5.78 Å². The first-order valence-corrected chi connectivity index (χ1v) is 13.8. The maximum atomic E-state index is 12.7. The molecule has 1 atom stereocenters. The number of ether oxygens (including phenoxy) is 3. The largest absolute Gasteiger partial charge is 0.495 e. The number of nitrogens with zero attached hydrogens (tertiary/aromatic N) is 1. The van der Waals surface area contributed by atoms with E-state index in [0.29, 0.717) is 40.7 Å². The molecule has 0 aliphatic carbocycles. The zero-order chi connectivity index (χ0) is 31.9. The zero-order valence-corrected chi connectivity index (χ0v) is 24.8. The Morgan fingerprint density at radius 1 is 0.955 bits per heavy atom. The van der Waals surface area contributed by atoms with Gasteiger partial charge in [-0.15, -0.1) is 0 Å². The van der Waals surface area contributed by atoms with Gasteiger partial charge < -0.3 is 40.6 Å². The summed E-state index contributed by atoms with van der Waals surface area (Å²) in [5.41, 5.74) is 3.66. The van der Waals surface area contributed by atoms with Crippen LogP contribution in [0.25, 0.3) is 0 Å². The number of benzene rings is 2. The summed E-state index contributed by atoms with van der Waals surface area (Å²) < 4.78 is 15.5. The van der Waals surface area contributed by atoms with Gasteiger partial charge in [0.25, 0.3) is 0 Å². The fourth-order valence-corrected chi connectivity index (χ4v) is 4.09. The van der Waals surface area contributed by atoms with Gasteiger partial charge >= 0.3 is 12.0 Å². The molecule has 0 bridgehead atoms. The lowest BCUT2D eigenvalue weighted by atomic mass is 10.1. The van der Waals surface area contributed by atoms with Crippen molar-refractivity contribution in [1.29, 1.82) is 0 Å². The van der Waals surface area contributed by atoms with Gasteiger partial charge in [-0.1, -0.05) is 24.3 Å². The number of rotatable bonds is 17. The van der Waals surface area contributed by atoms with E-state index < -0.39 is 23.9 Å². The first-order chi connectivity index (χ1) is 21.2. The summed E-state index contributed by atoms with van der Waals surface area (Å²) in [5, 5.41) is 20.5. The number of ketones is 1. The van der Waals surface area contributed by atoms with Crippen molar-refractivity contribution >= 4 is 40.8 Å². The van der Waals surface area contributed by atoms with Crippen molar-refractivity contribution in [3.63, 3.8) is 0 Å². The number of anilines is 3. The van der Waals surface area contributed by atoms with Crippen LogP contribution in [0.15, 0.2) is 60.8 Å². The van der Waals surface area contributed by atoms with E-state index in [9.17, 15) is 24.3 Å². The second kappa shape index (κ2) is 17.2. The van der Waals surface area contributed by atoms with E-state index in [1.807, 2.05) is 25.1 Å². The summed E-state index contributed by atoms with van der Waals surface area (Å²) in [5.74, 6) is -1.28. The number of aryl methyl sites for hydroxylation is 1. The minimum Gasteiger partial charge on any atom is -0.495 e. The van der Waals surface area contributed by atoms with Crippen molar-refractivity contribution in [3.8, 4) is 5.75 Å². The Kier molecular flexibility index (Phi) is 13.1. The number of Topliss-reactive ketones (excluding diaryl/α,β-unsaturated/α-hetero) is 1. The standard InChI is InChI=1S/C31H37N5O8/c1-20-6-4-5-7-24(20)35-31(41)36-26-10-8-21(15-28(26)43-3)14-23(37)18-32-22-9-11-25(33-17-22)27(16-30(39)40)34-29(38)19-44-13-12-42-2/h4-11,15,17,27,32H,12-14,16,18-19H2,1-3H3,(H,34,38)(H,39,40)(H2,35,36,41). The molecule has 44 heavy (non-hydrogen) atoms. The van der Waals surface area contributed by atoms with Gasteiger partial charge in [-0.05, 0) is 48.4 Å². The van der Waals surface area contributed by atoms with Crippen LogP contribution >= 0.6 is 0 Å². The van der Waals surface area contributed by atoms with Crippen molar-refractivity contribution in [2.24, 2.45) is 0 Å². The molecular weight excluding hydrogens is 570 g/mol. The van der Waals surface area contributed by atoms with Crippen LogP contribution in [-0.4, -0.2) is 74.4 Å². The van der Waals surface area contributed by atoms with E-state index in [-0.39, 0.29) is 38.4 Å². The Labute approximate surface area is 255 Å². The van der Waals surface area contributed by atoms with Gasteiger partial charge in [0.05, 0.1) is 62.6 Å². The molecule has 0 fully saturated rings. The Balaban J connectivity index is 1.52. The van der Waals surface area contributed by atoms with Crippen LogP contribution in [0.1, 0.15) is 29.3 Å². The average Bonchev–Trinajstić information content (AvgIpc) is 3.00. The zero-order valence-electron chi connectivity index (χ0n) is 24.8. The lowest BCUT2D eigenvalue weighted by Gasteiger charge is -2.17. The Hall–Kier alpha value is -5.01. The third-order valence-electron chi connectivity index (χ3n) is 6.32. The number of carbonyl (C=O) groups is 4. The van der Waals surface area contributed by atoms with Gasteiger partial charge in [-0.3, -0.25) is 19.4 Å². The lowest BCUT2D eigenvalue weighted by Crippen LogP contribution is -2.33. The number of urea groups is 1. The Bertz CT molecular complexity index is 1430. The van der Waals surface area contributed by atoms with Crippen molar-refractivity contribution in [3.05, 3.63) is 77.6 Å². The van der Waals surface area contributed by atoms with Crippen molar-refractivity contribution in [1.82, 2.24) is 10.3 Å². The Morgan fingerprint density at radius 3 is 2.41 bits per heavy atom. The molecule has 5 N–H and O–H groups in total. The van der Waals surface area contributed by atoms with Gasteiger partial charge in [0, 0.05) is 19.2 Å². The van der Waals surface area contributed by atoms with E-state index in [1.165, 1.54) is 20.4 Å². The third-order valence-corrected chi connectivity index (χ3v) is 6.32. The minimum atomic E-state index is -1.10. The fourth-order valence-electron chi connectivity index (χ4n) is 4.09. The smallest absolute Gasteiger partial charge is 0.323 e. The number of para-hydroxylation sites is 1. The highest BCUT2D eigenvalue weighted by Crippen LogP contribution is 2.26. The molecule has 0 aliphatic rings. The number of amides is 3. The molecule has 1 unspecified atom stereocenters. The number of hydrogen-bond acceptors (Lipinski definition) is 9. The number of hydrogen-bond donors (Lipinski definition) is 5. The third kappa shape index (κ3) is 11.0. The minimum absolute atomic E-state index is 0.0102. The first kappa shape index (κ1) is 33.5. The van der Waals surface area contributed by atoms with Crippen molar-refractivity contribution in [2.75, 3.05) is 56.5 Å². The SMILES string of the molecule is COCCOCC(=O)NC(CC(=O)O)c1ccc(NCC(=O)Cc2ccc(NC(=O)Nc3ccccc3C)c(OC)c2)cn1. The fraction of sp³-hybridized carbons (Fsp3) is 0.323. The maximum absolute atomic E-state index is 12.7. The van der Waals surface area contributed by atoms with E-state index in [0.717, 1.165) is 5.56 Å². The molecule has 3 aromatic rings. The van der Waals surface area contributed by atoms with E-state index in [1.54, 1.807) is 36.4 Å². The van der Waals surface area contributed by atoms with Crippen LogP contribution in [-0.2, 0) is 30.3 Å². The van der Waals surface area contributed by atoms with E-state index in [2.05, 4.69) is 26.3 Å². The number of methoxy groups -OCH3 is 2. The molecule has 0 saturated heterocycles. The first-order valence-electron chi connectivity index (χ1n) is 13.8. The molecule has 13 heteroatoms. The number of carboxylic acids is 1. The predicted molar refractivity (Wildman–Crippen MR) is 164 cm³/mol. The topological polar surface area (TPSA) is 177 Å². The molecule has 2 aromatic carbocycles. The predicted octanol–water partition coefficient (Wildman–Crippen LogP) is 3.56. The van der Waals surface area contributed by atoms with Gasteiger partial charge in [0.1, 0.15) is 12.4 Å². The molecule has 0 radical (unpaired) electrons. The summed E-state index contributed by atoms with van der Waals surface area (Å²) in [7, 11) is 2.99. The van der Waals surface area contributed by atoms with Gasteiger partial charge in [0.2, 0.25) is 5.91 Å². The second-order valence-electron chi connectivity index (χ2n) is 9.73. The van der Waals surface area contributed by atoms with E-state index >= 15 is 0 Å². The second-order valence-corrected chi connectivity index (χ2v) is 9.73. The maximum Gasteiger partial charge on any atom is 0.323 e. The molecule has 1 heterocycles. The number of pyridine rings is 1. The number of carboxylic acid groups (broad SMARTS) is 1. The monoisotopic (exact) mass is 607 g/mol. The molecule has 3 rings (SSSR count). The number of aromatic nitrogens is 1. The summed E-state index contributed by atoms with van der Waals surface area (Å²) in [4.78, 5) is 53.0. The molecule has 0 saturated carbocycles. The Morgan fingerprint density at radius 2 is 1.73 bits per heavy atom. The van der Waals surface area contributed by atoms with Crippen LogP contribution in [0.2, 0.25) is 0 Å². The van der Waals surface area contributed by atoms with E-state index in [4.69, 9.17) is 14.2 Å². The van der Waals surface area contributed by atoms with Crippen LogP contribution in [0.4, 0.5) is 21.9 Å². The van der Waals surface area contributed by atoms with Gasteiger partial charge in [-0.2, -0.15) is 0 Å². The van der Waals surface area contributed by atoms with Crippen LogP contribution in [0.5, 0.6) is 5.75 Å². The van der Waals surface area contributed by atoms with Crippen molar-refractivity contribution in [2.45, 2.75) is 25.8 Å². The summed E-state index contributed by atoms with van der Waals surface area (Å²) in [6.07, 6.45) is 1.21. The van der Waals surface area contributed by atoms with Crippen LogP contribution < -0.4 is 26.0 Å². The molecular formula is C31H37N5O8. The molecule has 0 aliphatic heterocycles. The molecule has 3 amide bonds. The van der Waals surface area contributed by atoms with Crippen molar-refractivity contribution < 1.29 is 38.5 Å². The van der Waals surface area contributed by atoms with Gasteiger partial charge in [-0.25, -0.2) is 4.79 Å². The molecule has 13 nitrogen and oxygen atoms in total. The quantitative estimate of drug-likeness (QED) is 0.143. The highest BCUT2D eigenvalue weighted by atomic mass is 16.5. The van der Waals surface area contributed by atoms with Crippen LogP contribution in [0, 0.1) is 6.92 Å². The molecule has 0 spiro atoms. The number of carbonyl (C=O) groups excluding carboxylic acids is 3. The lowest BCUT2D eigenvalue weighted by molar-refractivity contribution is -0.138. The highest BCUT2D eigenvalue weighted by molar-refractivity contribution is 6.01. The number of aliphatic carboxylic acids is 1. The average molecular weight is 608 g/mol. The summed E-state index contributed by atoms with van der Waals surface area (Å²) in [6, 6.07) is 14.5. The normalized spacial score (nSPS) is 11.2. The molecule has 234 valence electrons. The summed E-state index contributed by atoms with van der Waals surface area (Å²) >= 11 is 0. The number of nitrogens with one attached hydrogen (secondary N) is 4. The summed E-state index contributed by atoms with van der Waals surface area (Å²) in [6.45, 7) is 2.23.